The van der Waals surface area contributed by atoms with Crippen LogP contribution in [0.15, 0.2) is 104 Å². The monoisotopic (exact) mass is 433 g/mol. The Morgan fingerprint density at radius 2 is 1.17 bits per heavy atom. The zero-order chi connectivity index (χ0) is 21.5. The van der Waals surface area contributed by atoms with Crippen LogP contribution in [0, 0.1) is 5.92 Å². The van der Waals surface area contributed by atoms with E-state index in [1.165, 1.54) is 15.9 Å². The highest BCUT2D eigenvalue weighted by Gasteiger charge is 2.46. The molecule has 0 aliphatic heterocycles. The summed E-state index contributed by atoms with van der Waals surface area (Å²) in [6, 6.07) is 33.3. The van der Waals surface area contributed by atoms with E-state index in [1.54, 1.807) is 0 Å². The minimum atomic E-state index is -1.83. The molecule has 0 spiro atoms. The SMILES string of the molecule is C=CC[C@H](CO[Si](C)(C)C)C[P+](c1ccccc1)(c1ccccc1)c1ccccc1. The van der Waals surface area contributed by atoms with Gasteiger partial charge in [-0.25, -0.2) is 0 Å². The average molecular weight is 434 g/mol. The van der Waals surface area contributed by atoms with Gasteiger partial charge in [-0.05, 0) is 62.5 Å². The Balaban J connectivity index is 2.16. The van der Waals surface area contributed by atoms with Crippen molar-refractivity contribution in [1.82, 2.24) is 0 Å². The third-order valence-corrected chi connectivity index (χ3v) is 11.0. The van der Waals surface area contributed by atoms with Gasteiger partial charge in [-0.3, -0.25) is 0 Å². The van der Waals surface area contributed by atoms with Crippen LogP contribution in [0.1, 0.15) is 6.42 Å². The van der Waals surface area contributed by atoms with Crippen LogP contribution in [0.5, 0.6) is 0 Å². The molecule has 1 atom stereocenters. The Morgan fingerprint density at radius 1 is 0.767 bits per heavy atom. The van der Waals surface area contributed by atoms with Gasteiger partial charge in [0.2, 0.25) is 0 Å². The molecule has 3 aromatic rings. The van der Waals surface area contributed by atoms with E-state index in [4.69, 9.17) is 4.43 Å². The number of hydrogen-bond donors (Lipinski definition) is 0. The van der Waals surface area contributed by atoms with Crippen molar-refractivity contribution in [3.05, 3.63) is 104 Å². The molecule has 0 amide bonds. The van der Waals surface area contributed by atoms with E-state index in [-0.39, 0.29) is 0 Å². The van der Waals surface area contributed by atoms with Crippen LogP contribution in [0.2, 0.25) is 19.6 Å². The Kier molecular flexibility index (Phi) is 7.83. The van der Waals surface area contributed by atoms with E-state index in [9.17, 15) is 0 Å². The van der Waals surface area contributed by atoms with Gasteiger partial charge in [-0.1, -0.05) is 60.7 Å². The molecule has 0 fully saturated rings. The Labute approximate surface area is 184 Å². The Bertz CT molecular complexity index is 807. The quantitative estimate of drug-likeness (QED) is 0.216. The molecule has 0 aliphatic carbocycles. The van der Waals surface area contributed by atoms with Gasteiger partial charge < -0.3 is 4.43 Å². The molecule has 0 N–H and O–H groups in total. The van der Waals surface area contributed by atoms with E-state index in [2.05, 4.69) is 123 Å². The Hall–Kier alpha value is -1.99. The molecule has 0 saturated heterocycles. The van der Waals surface area contributed by atoms with E-state index in [0.29, 0.717) is 5.92 Å². The first kappa shape index (κ1) is 22.7. The third-order valence-electron chi connectivity index (χ3n) is 5.38. The van der Waals surface area contributed by atoms with Crippen LogP contribution in [0.4, 0.5) is 0 Å². The molecule has 3 aromatic carbocycles. The average Bonchev–Trinajstić information content (AvgIpc) is 2.77. The summed E-state index contributed by atoms with van der Waals surface area (Å²) >= 11 is 0. The smallest absolute Gasteiger partial charge is 0.183 e. The maximum Gasteiger partial charge on any atom is 0.183 e. The van der Waals surface area contributed by atoms with Gasteiger partial charge in [-0.2, -0.15) is 0 Å². The number of rotatable bonds is 10. The predicted molar refractivity (Wildman–Crippen MR) is 138 cm³/mol. The van der Waals surface area contributed by atoms with Crippen LogP contribution >= 0.6 is 7.26 Å². The van der Waals surface area contributed by atoms with Crippen molar-refractivity contribution in [2.24, 2.45) is 5.92 Å². The molecule has 30 heavy (non-hydrogen) atoms. The van der Waals surface area contributed by atoms with Gasteiger partial charge in [-0.15, -0.1) is 6.58 Å². The van der Waals surface area contributed by atoms with Gasteiger partial charge in [0, 0.05) is 12.5 Å². The lowest BCUT2D eigenvalue weighted by Crippen LogP contribution is -2.37. The molecular formula is C27H34OPSi+. The van der Waals surface area contributed by atoms with Crippen molar-refractivity contribution in [3.8, 4) is 0 Å². The lowest BCUT2D eigenvalue weighted by atomic mass is 10.1. The fourth-order valence-electron chi connectivity index (χ4n) is 4.00. The highest BCUT2D eigenvalue weighted by atomic mass is 31.2. The topological polar surface area (TPSA) is 9.23 Å². The first-order valence-electron chi connectivity index (χ1n) is 10.8. The fraction of sp³-hybridized carbons (Fsp3) is 0.259. The summed E-state index contributed by atoms with van der Waals surface area (Å²) in [4.78, 5) is 0. The van der Waals surface area contributed by atoms with Crippen molar-refractivity contribution in [2.75, 3.05) is 12.8 Å². The first-order valence-corrected chi connectivity index (χ1v) is 16.1. The lowest BCUT2D eigenvalue weighted by molar-refractivity contribution is 0.257. The summed E-state index contributed by atoms with van der Waals surface area (Å²) < 4.78 is 6.41. The minimum absolute atomic E-state index is 0.433. The molecule has 0 aliphatic rings. The van der Waals surface area contributed by atoms with Crippen molar-refractivity contribution < 1.29 is 4.43 Å². The molecule has 0 radical (unpaired) electrons. The Morgan fingerprint density at radius 3 is 1.50 bits per heavy atom. The van der Waals surface area contributed by atoms with Gasteiger partial charge >= 0.3 is 0 Å². The number of allylic oxidation sites excluding steroid dienone is 1. The highest BCUT2D eigenvalue weighted by molar-refractivity contribution is 7.95. The van der Waals surface area contributed by atoms with Gasteiger partial charge in [0.15, 0.2) is 8.32 Å². The maximum absolute atomic E-state index is 6.41. The fourth-order valence-corrected chi connectivity index (χ4v) is 9.33. The standard InChI is InChI=1S/C27H34OPSi/c1-5-15-24(22-28-30(2,3)4)23-29(25-16-9-6-10-17-25,26-18-11-7-12-19-26)27-20-13-8-14-21-27/h5-14,16-21,24H,1,15,22-23H2,2-4H3/q+1/t24-/m1/s1. The summed E-state index contributed by atoms with van der Waals surface area (Å²) in [6.07, 6.45) is 4.12. The normalized spacial score (nSPS) is 13.0. The molecular weight excluding hydrogens is 399 g/mol. The van der Waals surface area contributed by atoms with E-state index >= 15 is 0 Å². The van der Waals surface area contributed by atoms with Crippen molar-refractivity contribution in [2.45, 2.75) is 26.1 Å². The summed E-state index contributed by atoms with van der Waals surface area (Å²) in [5.74, 6) is 0.433. The highest BCUT2D eigenvalue weighted by Crippen LogP contribution is 2.57. The first-order chi connectivity index (χ1) is 14.5. The molecule has 1 nitrogen and oxygen atoms in total. The van der Waals surface area contributed by atoms with Crippen LogP contribution in [-0.4, -0.2) is 21.1 Å². The van der Waals surface area contributed by atoms with E-state index in [0.717, 1.165) is 19.2 Å². The molecule has 0 saturated carbocycles. The van der Waals surface area contributed by atoms with Crippen LogP contribution in [-0.2, 0) is 4.43 Å². The molecule has 156 valence electrons. The van der Waals surface area contributed by atoms with Crippen molar-refractivity contribution in [3.63, 3.8) is 0 Å². The molecule has 0 bridgehead atoms. The largest absolute Gasteiger partial charge is 0.417 e. The molecule has 0 unspecified atom stereocenters. The van der Waals surface area contributed by atoms with E-state index < -0.39 is 15.6 Å². The molecule has 3 rings (SSSR count). The van der Waals surface area contributed by atoms with Crippen LogP contribution < -0.4 is 15.9 Å². The number of hydrogen-bond acceptors (Lipinski definition) is 1. The van der Waals surface area contributed by atoms with Gasteiger partial charge in [0.1, 0.15) is 23.2 Å². The lowest BCUT2D eigenvalue weighted by Gasteiger charge is -2.32. The second-order valence-electron chi connectivity index (χ2n) is 8.81. The predicted octanol–water partition coefficient (Wildman–Crippen LogP) is 6.02. The van der Waals surface area contributed by atoms with Gasteiger partial charge in [0.25, 0.3) is 0 Å². The third kappa shape index (κ3) is 5.58. The summed E-state index contributed by atoms with van der Waals surface area (Å²) in [6.45, 7) is 11.7. The second kappa shape index (κ2) is 10.4. The molecule has 0 aromatic heterocycles. The minimum Gasteiger partial charge on any atom is -0.417 e. The summed E-state index contributed by atoms with van der Waals surface area (Å²) in [5, 5.41) is 4.30. The van der Waals surface area contributed by atoms with E-state index in [1.807, 2.05) is 0 Å². The van der Waals surface area contributed by atoms with Crippen LogP contribution in [0.25, 0.3) is 0 Å². The number of benzene rings is 3. The molecule has 3 heteroatoms. The van der Waals surface area contributed by atoms with Gasteiger partial charge in [0.05, 0.1) is 6.16 Å². The second-order valence-corrected chi connectivity index (χ2v) is 16.9. The summed E-state index contributed by atoms with van der Waals surface area (Å²) in [5.41, 5.74) is 0. The van der Waals surface area contributed by atoms with Crippen molar-refractivity contribution in [1.29, 1.82) is 0 Å². The maximum atomic E-state index is 6.41. The van der Waals surface area contributed by atoms with Crippen LogP contribution in [0.3, 0.4) is 0 Å². The summed E-state index contributed by atoms with van der Waals surface area (Å²) in [7, 11) is -3.42. The zero-order valence-electron chi connectivity index (χ0n) is 18.5. The zero-order valence-corrected chi connectivity index (χ0v) is 20.4. The van der Waals surface area contributed by atoms with Crippen molar-refractivity contribution >= 4 is 31.5 Å². The molecule has 0 heterocycles.